The Balaban J connectivity index is 1.52. The third-order valence-electron chi connectivity index (χ3n) is 9.89. The van der Waals surface area contributed by atoms with Crippen LogP contribution in [0.3, 0.4) is 0 Å². The number of unbranched alkanes of at least 4 members (excludes halogenated alkanes) is 2. The first-order chi connectivity index (χ1) is 22.4. The molecule has 1 N–H and O–H groups in total. The number of aliphatic hydroxyl groups excluding tert-OH is 1. The van der Waals surface area contributed by atoms with Gasteiger partial charge in [-0.25, -0.2) is 0 Å². The first-order valence-electron chi connectivity index (χ1n) is 16.7. The summed E-state index contributed by atoms with van der Waals surface area (Å²) >= 11 is 1.69. The number of para-hydroxylation sites is 1. The Morgan fingerprint density at radius 2 is 1.52 bits per heavy atom. The number of likely N-dealkylation sites (tertiary alicyclic amines) is 1. The van der Waals surface area contributed by atoms with Gasteiger partial charge in [0.25, 0.3) is 5.91 Å². The summed E-state index contributed by atoms with van der Waals surface area (Å²) in [5.41, 5.74) is 2.63. The Hall–Kier alpha value is -3.56. The minimum Gasteiger partial charge on any atom is -0.396 e. The van der Waals surface area contributed by atoms with Crippen LogP contribution in [-0.4, -0.2) is 83.1 Å². The highest BCUT2D eigenvalue weighted by molar-refractivity contribution is 8.02. The molecule has 3 heterocycles. The molecule has 2 aromatic carbocycles. The number of nitrogens with zero attached hydrogens (tertiary/aromatic N) is 4. The molecule has 0 radical (unpaired) electrons. The van der Waals surface area contributed by atoms with Gasteiger partial charge in [-0.15, -0.1) is 24.9 Å². The first kappa shape index (κ1) is 33.8. The van der Waals surface area contributed by atoms with Gasteiger partial charge in [0.05, 0.1) is 16.6 Å². The van der Waals surface area contributed by atoms with Crippen LogP contribution in [0.1, 0.15) is 46.0 Å². The standard InChI is InChI=1S/C37H48N4O4S/c1-5-23-39(28-15-11-9-12-16-28)34(43)31-30-21-22-37(46-30)32(31)35(44)41(25-13-10-14-26-42)33(37)36(45)40(24-6-2)29-19-17-27(18-20-29)38(7-3)8-4/h5-6,9,11-12,15-20,30-33,42H,1-2,7-8,10,13-14,21-26H2,3-4H3/t30-,31+,32-,33?,37?/m0/s1. The highest BCUT2D eigenvalue weighted by atomic mass is 32.2. The van der Waals surface area contributed by atoms with Crippen molar-refractivity contribution in [2.45, 2.75) is 62.0 Å². The topological polar surface area (TPSA) is 84.4 Å². The molecule has 2 unspecified atom stereocenters. The zero-order valence-corrected chi connectivity index (χ0v) is 28.0. The first-order valence-corrected chi connectivity index (χ1v) is 17.6. The normalized spacial score (nSPS) is 24.5. The van der Waals surface area contributed by atoms with E-state index in [0.717, 1.165) is 43.0 Å². The molecular formula is C37H48N4O4S. The van der Waals surface area contributed by atoms with Gasteiger partial charge in [-0.05, 0) is 82.3 Å². The van der Waals surface area contributed by atoms with Crippen LogP contribution in [0.25, 0.3) is 0 Å². The van der Waals surface area contributed by atoms with E-state index in [4.69, 9.17) is 0 Å². The number of thioether (sulfide) groups is 1. The molecular weight excluding hydrogens is 596 g/mol. The molecule has 2 bridgehead atoms. The second-order valence-electron chi connectivity index (χ2n) is 12.4. The fraction of sp³-hybridized carbons (Fsp3) is 0.486. The Bertz CT molecular complexity index is 1400. The minimum absolute atomic E-state index is 0.0366. The van der Waals surface area contributed by atoms with Crippen LogP contribution in [0, 0.1) is 11.8 Å². The number of hydrogen-bond acceptors (Lipinski definition) is 6. The summed E-state index contributed by atoms with van der Waals surface area (Å²) in [6.45, 7) is 15.0. The fourth-order valence-corrected chi connectivity index (χ4v) is 10.0. The lowest BCUT2D eigenvalue weighted by Gasteiger charge is -2.37. The molecule has 5 rings (SSSR count). The Morgan fingerprint density at radius 1 is 0.913 bits per heavy atom. The van der Waals surface area contributed by atoms with Crippen LogP contribution in [0.2, 0.25) is 0 Å². The average Bonchev–Trinajstić information content (AvgIpc) is 3.72. The number of aliphatic hydroxyl groups is 1. The van der Waals surface area contributed by atoms with E-state index >= 15 is 0 Å². The molecule has 0 aromatic heterocycles. The van der Waals surface area contributed by atoms with Crippen molar-refractivity contribution < 1.29 is 19.5 Å². The summed E-state index contributed by atoms with van der Waals surface area (Å²) in [5.74, 6) is -1.41. The predicted octanol–water partition coefficient (Wildman–Crippen LogP) is 5.52. The summed E-state index contributed by atoms with van der Waals surface area (Å²) < 4.78 is -0.687. The predicted molar refractivity (Wildman–Crippen MR) is 188 cm³/mol. The van der Waals surface area contributed by atoms with Gasteiger partial charge in [0, 0.05) is 61.6 Å². The lowest BCUT2D eigenvalue weighted by molar-refractivity contribution is -0.139. The van der Waals surface area contributed by atoms with Crippen molar-refractivity contribution in [2.75, 3.05) is 54.0 Å². The summed E-state index contributed by atoms with van der Waals surface area (Å²) in [6.07, 6.45) is 7.01. The van der Waals surface area contributed by atoms with E-state index in [2.05, 4.69) is 31.9 Å². The van der Waals surface area contributed by atoms with Gasteiger partial charge in [-0.3, -0.25) is 14.4 Å². The van der Waals surface area contributed by atoms with Gasteiger partial charge >= 0.3 is 0 Å². The number of carbonyl (C=O) groups excluding carboxylic acids is 3. The maximum Gasteiger partial charge on any atom is 0.251 e. The van der Waals surface area contributed by atoms with Crippen LogP contribution >= 0.6 is 11.8 Å². The summed E-state index contributed by atoms with van der Waals surface area (Å²) in [6, 6.07) is 16.9. The number of carbonyl (C=O) groups is 3. The van der Waals surface area contributed by atoms with Gasteiger partial charge in [0.15, 0.2) is 0 Å². The molecule has 1 spiro atoms. The maximum atomic E-state index is 14.9. The van der Waals surface area contributed by atoms with Crippen LogP contribution in [-0.2, 0) is 14.4 Å². The Morgan fingerprint density at radius 3 is 2.13 bits per heavy atom. The van der Waals surface area contributed by atoms with Crippen LogP contribution in [0.15, 0.2) is 79.9 Å². The van der Waals surface area contributed by atoms with E-state index in [1.807, 2.05) is 54.6 Å². The number of fused-ring (bicyclic) bond motifs is 1. The van der Waals surface area contributed by atoms with Crippen molar-refractivity contribution >= 4 is 46.5 Å². The lowest BCUT2D eigenvalue weighted by Crippen LogP contribution is -2.55. The molecule has 246 valence electrons. The van der Waals surface area contributed by atoms with Gasteiger partial charge < -0.3 is 24.7 Å². The Labute approximate surface area is 278 Å². The van der Waals surface area contributed by atoms with E-state index in [1.165, 1.54) is 0 Å². The minimum atomic E-state index is -0.695. The number of hydrogen-bond donors (Lipinski definition) is 1. The second kappa shape index (κ2) is 14.9. The largest absolute Gasteiger partial charge is 0.396 e. The van der Waals surface area contributed by atoms with Crippen molar-refractivity contribution in [2.24, 2.45) is 11.8 Å². The van der Waals surface area contributed by atoms with Crippen LogP contribution < -0.4 is 14.7 Å². The smallest absolute Gasteiger partial charge is 0.251 e. The molecule has 9 heteroatoms. The highest BCUT2D eigenvalue weighted by Gasteiger charge is 2.74. The van der Waals surface area contributed by atoms with Crippen molar-refractivity contribution in [3.63, 3.8) is 0 Å². The van der Waals surface area contributed by atoms with E-state index in [1.54, 1.807) is 38.6 Å². The third-order valence-corrected chi connectivity index (χ3v) is 11.8. The van der Waals surface area contributed by atoms with Gasteiger partial charge in [-0.2, -0.15) is 0 Å². The SMILES string of the molecule is C=CCN(C(=O)C1N(CCCCCO)C(=O)[C@@H]2[C@H](C(=O)N(CC=C)c3ccccc3)[C@@H]3CCC12S3)c1ccc(N(CC)CC)cc1. The molecule has 46 heavy (non-hydrogen) atoms. The maximum absolute atomic E-state index is 14.9. The Kier molecular flexibility index (Phi) is 10.9. The van der Waals surface area contributed by atoms with E-state index in [-0.39, 0.29) is 29.6 Å². The highest BCUT2D eigenvalue weighted by Crippen LogP contribution is 2.67. The molecule has 3 saturated heterocycles. The molecule has 8 nitrogen and oxygen atoms in total. The molecule has 3 amide bonds. The summed E-state index contributed by atoms with van der Waals surface area (Å²) in [7, 11) is 0. The van der Waals surface area contributed by atoms with Crippen molar-refractivity contribution in [3.05, 3.63) is 79.9 Å². The van der Waals surface area contributed by atoms with Gasteiger partial charge in [0.2, 0.25) is 11.8 Å². The van der Waals surface area contributed by atoms with E-state index < -0.39 is 22.6 Å². The molecule has 0 aliphatic carbocycles. The van der Waals surface area contributed by atoms with E-state index in [0.29, 0.717) is 38.9 Å². The summed E-state index contributed by atoms with van der Waals surface area (Å²) in [4.78, 5) is 51.4. The molecule has 3 aliphatic rings. The van der Waals surface area contributed by atoms with Crippen molar-refractivity contribution in [1.29, 1.82) is 0 Å². The third kappa shape index (κ3) is 6.11. The second-order valence-corrected chi connectivity index (χ2v) is 14.0. The monoisotopic (exact) mass is 644 g/mol. The van der Waals surface area contributed by atoms with Gasteiger partial charge in [-0.1, -0.05) is 30.4 Å². The van der Waals surface area contributed by atoms with E-state index in [9.17, 15) is 19.5 Å². The molecule has 3 fully saturated rings. The zero-order valence-electron chi connectivity index (χ0n) is 27.2. The zero-order chi connectivity index (χ0) is 32.8. The average molecular weight is 645 g/mol. The molecule has 3 aliphatic heterocycles. The lowest BCUT2D eigenvalue weighted by atomic mass is 9.70. The number of rotatable bonds is 16. The number of amides is 3. The van der Waals surface area contributed by atoms with Crippen molar-refractivity contribution in [3.8, 4) is 0 Å². The summed E-state index contributed by atoms with van der Waals surface area (Å²) in [5, 5.41) is 9.35. The van der Waals surface area contributed by atoms with Crippen LogP contribution in [0.5, 0.6) is 0 Å². The molecule has 0 saturated carbocycles. The molecule has 2 aromatic rings. The fourth-order valence-electron chi connectivity index (χ4n) is 7.80. The van der Waals surface area contributed by atoms with Gasteiger partial charge in [0.1, 0.15) is 6.04 Å². The van der Waals surface area contributed by atoms with Crippen LogP contribution in [0.4, 0.5) is 17.1 Å². The number of anilines is 3. The molecule has 5 atom stereocenters. The number of benzene rings is 2. The quantitative estimate of drug-likeness (QED) is 0.191. The van der Waals surface area contributed by atoms with Crippen molar-refractivity contribution in [1.82, 2.24) is 4.90 Å².